The maximum absolute atomic E-state index is 10.6. The summed E-state index contributed by atoms with van der Waals surface area (Å²) < 4.78 is 0. The van der Waals surface area contributed by atoms with E-state index >= 15 is 0 Å². The van der Waals surface area contributed by atoms with Crippen LogP contribution >= 0.6 is 0 Å². The highest BCUT2D eigenvalue weighted by molar-refractivity contribution is 5.60. The van der Waals surface area contributed by atoms with Crippen LogP contribution in [0.2, 0.25) is 0 Å². The Balaban J connectivity index is 1.80. The van der Waals surface area contributed by atoms with Crippen LogP contribution in [0.3, 0.4) is 0 Å². The fraction of sp³-hybridized carbons (Fsp3) is 0.550. The Morgan fingerprint density at radius 2 is 1.96 bits per heavy atom. The van der Waals surface area contributed by atoms with Gasteiger partial charge in [-0.3, -0.25) is 4.98 Å². The second-order valence-electron chi connectivity index (χ2n) is 7.69. The summed E-state index contributed by atoms with van der Waals surface area (Å²) in [6, 6.07) is 3.86. The molecule has 1 unspecified atom stereocenters. The Hall–Kier alpha value is -2.01. The van der Waals surface area contributed by atoms with Gasteiger partial charge in [0.05, 0.1) is 5.60 Å². The lowest BCUT2D eigenvalue weighted by atomic mass is 9.95. The molecule has 134 valence electrons. The van der Waals surface area contributed by atoms with E-state index in [2.05, 4.69) is 24.1 Å². The summed E-state index contributed by atoms with van der Waals surface area (Å²) in [6.45, 7) is 6.76. The first kappa shape index (κ1) is 17.8. The average Bonchev–Trinajstić information content (AvgIpc) is 3.07. The Kier molecular flexibility index (Phi) is 5.33. The zero-order valence-electron chi connectivity index (χ0n) is 15.4. The molecule has 2 aromatic rings. The lowest BCUT2D eigenvalue weighted by Crippen LogP contribution is -2.34. The van der Waals surface area contributed by atoms with Crippen LogP contribution in [0.25, 0.3) is 11.4 Å². The van der Waals surface area contributed by atoms with E-state index in [9.17, 15) is 5.11 Å². The van der Waals surface area contributed by atoms with E-state index in [-0.39, 0.29) is 0 Å². The van der Waals surface area contributed by atoms with Crippen LogP contribution < -0.4 is 5.32 Å². The number of nitrogens with zero attached hydrogens (tertiary/aromatic N) is 3. The molecule has 1 aliphatic rings. The fourth-order valence-corrected chi connectivity index (χ4v) is 3.17. The average molecular weight is 340 g/mol. The number of anilines is 1. The third kappa shape index (κ3) is 4.54. The van der Waals surface area contributed by atoms with Crippen molar-refractivity contribution < 1.29 is 5.11 Å². The number of nitrogens with one attached hydrogen (secondary N) is 1. The van der Waals surface area contributed by atoms with Gasteiger partial charge < -0.3 is 10.4 Å². The second kappa shape index (κ2) is 7.48. The van der Waals surface area contributed by atoms with Crippen molar-refractivity contribution in [3.8, 4) is 11.4 Å². The van der Waals surface area contributed by atoms with Crippen molar-refractivity contribution in [2.45, 2.75) is 58.5 Å². The van der Waals surface area contributed by atoms with Gasteiger partial charge in [0.1, 0.15) is 5.82 Å². The zero-order chi connectivity index (χ0) is 17.9. The van der Waals surface area contributed by atoms with Crippen molar-refractivity contribution in [1.82, 2.24) is 15.0 Å². The van der Waals surface area contributed by atoms with Gasteiger partial charge in [-0.25, -0.2) is 9.97 Å². The van der Waals surface area contributed by atoms with E-state index in [0.717, 1.165) is 55.0 Å². The van der Waals surface area contributed by atoms with Crippen molar-refractivity contribution in [2.75, 3.05) is 11.9 Å². The second-order valence-corrected chi connectivity index (χ2v) is 7.69. The predicted octanol–water partition coefficient (Wildman–Crippen LogP) is 3.63. The quantitative estimate of drug-likeness (QED) is 0.805. The molecule has 0 fully saturated rings. The minimum Gasteiger partial charge on any atom is -0.388 e. The summed E-state index contributed by atoms with van der Waals surface area (Å²) in [5, 5.41) is 14.0. The van der Waals surface area contributed by atoms with Gasteiger partial charge in [-0.05, 0) is 57.1 Å². The summed E-state index contributed by atoms with van der Waals surface area (Å²) in [5.74, 6) is 2.19. The van der Waals surface area contributed by atoms with Crippen molar-refractivity contribution in [3.63, 3.8) is 0 Å². The SMILES string of the molecule is CC(C)CCC(C)(O)CNc1nc(-c2ccncc2)nc2c1CCC2. The smallest absolute Gasteiger partial charge is 0.161 e. The van der Waals surface area contributed by atoms with E-state index in [4.69, 9.17) is 9.97 Å². The first-order valence-electron chi connectivity index (χ1n) is 9.21. The lowest BCUT2D eigenvalue weighted by Gasteiger charge is -2.25. The molecule has 2 aromatic heterocycles. The molecule has 1 atom stereocenters. The van der Waals surface area contributed by atoms with Gasteiger partial charge in [0.25, 0.3) is 0 Å². The zero-order valence-corrected chi connectivity index (χ0v) is 15.4. The summed E-state index contributed by atoms with van der Waals surface area (Å²) in [6.07, 6.45) is 8.42. The lowest BCUT2D eigenvalue weighted by molar-refractivity contribution is 0.0585. The number of aryl methyl sites for hydroxylation is 1. The van der Waals surface area contributed by atoms with Crippen LogP contribution in [-0.2, 0) is 12.8 Å². The van der Waals surface area contributed by atoms with Crippen LogP contribution in [0, 0.1) is 5.92 Å². The topological polar surface area (TPSA) is 70.9 Å². The summed E-state index contributed by atoms with van der Waals surface area (Å²) in [5.41, 5.74) is 2.57. The Labute approximate surface area is 150 Å². The van der Waals surface area contributed by atoms with E-state index in [1.807, 2.05) is 19.1 Å². The van der Waals surface area contributed by atoms with Crippen LogP contribution in [0.4, 0.5) is 5.82 Å². The molecule has 1 aliphatic carbocycles. The highest BCUT2D eigenvalue weighted by Crippen LogP contribution is 2.29. The van der Waals surface area contributed by atoms with Crippen molar-refractivity contribution >= 4 is 5.82 Å². The summed E-state index contributed by atoms with van der Waals surface area (Å²) in [7, 11) is 0. The molecule has 5 nitrogen and oxygen atoms in total. The number of aromatic nitrogens is 3. The third-order valence-corrected chi connectivity index (χ3v) is 4.77. The number of pyridine rings is 1. The van der Waals surface area contributed by atoms with Crippen LogP contribution in [0.5, 0.6) is 0 Å². The molecule has 0 aromatic carbocycles. The van der Waals surface area contributed by atoms with Gasteiger partial charge in [-0.1, -0.05) is 13.8 Å². The molecule has 0 radical (unpaired) electrons. The number of hydrogen-bond donors (Lipinski definition) is 2. The number of aliphatic hydroxyl groups is 1. The molecule has 0 aliphatic heterocycles. The molecule has 5 heteroatoms. The van der Waals surface area contributed by atoms with Crippen LogP contribution in [0.15, 0.2) is 24.5 Å². The Morgan fingerprint density at radius 1 is 1.20 bits per heavy atom. The first-order valence-corrected chi connectivity index (χ1v) is 9.21. The Morgan fingerprint density at radius 3 is 2.68 bits per heavy atom. The van der Waals surface area contributed by atoms with Gasteiger partial charge >= 0.3 is 0 Å². The monoisotopic (exact) mass is 340 g/mol. The van der Waals surface area contributed by atoms with Gasteiger partial charge in [0, 0.05) is 35.8 Å². The minimum atomic E-state index is -0.739. The normalized spacial score (nSPS) is 15.9. The van der Waals surface area contributed by atoms with E-state index in [0.29, 0.717) is 12.5 Å². The maximum atomic E-state index is 10.6. The first-order chi connectivity index (χ1) is 11.9. The van der Waals surface area contributed by atoms with Gasteiger partial charge in [0.2, 0.25) is 0 Å². The molecule has 0 saturated heterocycles. The molecule has 25 heavy (non-hydrogen) atoms. The van der Waals surface area contributed by atoms with Crippen molar-refractivity contribution in [1.29, 1.82) is 0 Å². The molecule has 2 N–H and O–H groups in total. The number of hydrogen-bond acceptors (Lipinski definition) is 5. The van der Waals surface area contributed by atoms with E-state index in [1.165, 1.54) is 5.56 Å². The van der Waals surface area contributed by atoms with Gasteiger partial charge in [0.15, 0.2) is 5.82 Å². The fourth-order valence-electron chi connectivity index (χ4n) is 3.17. The largest absolute Gasteiger partial charge is 0.388 e. The van der Waals surface area contributed by atoms with E-state index in [1.54, 1.807) is 12.4 Å². The highest BCUT2D eigenvalue weighted by atomic mass is 16.3. The van der Waals surface area contributed by atoms with Gasteiger partial charge in [-0.15, -0.1) is 0 Å². The van der Waals surface area contributed by atoms with Crippen LogP contribution in [0.1, 0.15) is 51.3 Å². The molecule has 0 saturated carbocycles. The molecule has 0 spiro atoms. The molecule has 0 amide bonds. The highest BCUT2D eigenvalue weighted by Gasteiger charge is 2.24. The maximum Gasteiger partial charge on any atom is 0.161 e. The van der Waals surface area contributed by atoms with Crippen molar-refractivity contribution in [3.05, 3.63) is 35.8 Å². The van der Waals surface area contributed by atoms with Crippen LogP contribution in [-0.4, -0.2) is 32.2 Å². The molecule has 2 heterocycles. The van der Waals surface area contributed by atoms with Crippen molar-refractivity contribution in [2.24, 2.45) is 5.92 Å². The predicted molar refractivity (Wildman–Crippen MR) is 100 cm³/mol. The number of fused-ring (bicyclic) bond motifs is 1. The molecule has 0 bridgehead atoms. The van der Waals surface area contributed by atoms with E-state index < -0.39 is 5.60 Å². The summed E-state index contributed by atoms with van der Waals surface area (Å²) in [4.78, 5) is 13.6. The molecular weight excluding hydrogens is 312 g/mol. The minimum absolute atomic E-state index is 0.499. The third-order valence-electron chi connectivity index (χ3n) is 4.77. The van der Waals surface area contributed by atoms with Gasteiger partial charge in [-0.2, -0.15) is 0 Å². The molecule has 3 rings (SSSR count). The number of rotatable bonds is 7. The summed E-state index contributed by atoms with van der Waals surface area (Å²) >= 11 is 0. The molecular formula is C20H28N4O. The standard InChI is InChI=1S/C20H28N4O/c1-14(2)7-10-20(3,25)13-22-19-16-5-4-6-17(16)23-18(24-19)15-8-11-21-12-9-15/h8-9,11-12,14,25H,4-7,10,13H2,1-3H3,(H,22,23,24). The Bertz CT molecular complexity index is 713.